The number of hydrogen-bond acceptors (Lipinski definition) is 4. The molecule has 0 bridgehead atoms. The van der Waals surface area contributed by atoms with Gasteiger partial charge in [-0.1, -0.05) is 24.3 Å². The van der Waals surface area contributed by atoms with Crippen molar-refractivity contribution in [3.63, 3.8) is 0 Å². The van der Waals surface area contributed by atoms with E-state index in [1.165, 1.54) is 0 Å². The number of rotatable bonds is 7. The number of nitrogens with zero attached hydrogens (tertiary/aromatic N) is 1. The molecule has 138 valence electrons. The SMILES string of the molecule is CC(C)(C)OC(=O)NCCc1ccc(CC(=O)Cc2ccncc2)cc1. The molecule has 0 radical (unpaired) electrons. The van der Waals surface area contributed by atoms with Crippen LogP contribution in [0.4, 0.5) is 4.79 Å². The Hall–Kier alpha value is -2.69. The quantitative estimate of drug-likeness (QED) is 0.826. The molecular weight excluding hydrogens is 328 g/mol. The van der Waals surface area contributed by atoms with Gasteiger partial charge >= 0.3 is 6.09 Å². The smallest absolute Gasteiger partial charge is 0.407 e. The van der Waals surface area contributed by atoms with Crippen LogP contribution in [0.5, 0.6) is 0 Å². The zero-order chi connectivity index (χ0) is 19.0. The number of Topliss-reactive ketones (excluding diaryl/α,β-unsaturated/α-hetero) is 1. The zero-order valence-corrected chi connectivity index (χ0v) is 15.6. The predicted octanol–water partition coefficient (Wildman–Crippen LogP) is 3.50. The Kier molecular flexibility index (Phi) is 6.89. The summed E-state index contributed by atoms with van der Waals surface area (Å²) in [5.41, 5.74) is 2.59. The summed E-state index contributed by atoms with van der Waals surface area (Å²) in [6.07, 6.45) is 4.54. The van der Waals surface area contributed by atoms with Crippen LogP contribution in [-0.2, 0) is 28.8 Å². The minimum atomic E-state index is -0.492. The average molecular weight is 354 g/mol. The summed E-state index contributed by atoms with van der Waals surface area (Å²) in [5.74, 6) is 0.176. The predicted molar refractivity (Wildman–Crippen MR) is 101 cm³/mol. The van der Waals surface area contributed by atoms with Gasteiger partial charge < -0.3 is 10.1 Å². The lowest BCUT2D eigenvalue weighted by atomic mass is 10.0. The Balaban J connectivity index is 1.75. The fourth-order valence-corrected chi connectivity index (χ4v) is 2.47. The summed E-state index contributed by atoms with van der Waals surface area (Å²) in [6.45, 7) is 6.01. The summed E-state index contributed by atoms with van der Waals surface area (Å²) in [4.78, 5) is 27.7. The number of nitrogens with one attached hydrogen (secondary N) is 1. The molecule has 1 aromatic heterocycles. The molecule has 0 saturated carbocycles. The van der Waals surface area contributed by atoms with Gasteiger partial charge in [-0.2, -0.15) is 0 Å². The number of ether oxygens (including phenoxy) is 1. The van der Waals surface area contributed by atoms with Gasteiger partial charge in [-0.3, -0.25) is 9.78 Å². The molecule has 1 N–H and O–H groups in total. The number of aromatic nitrogens is 1. The molecule has 0 aliphatic carbocycles. The van der Waals surface area contributed by atoms with Gasteiger partial charge in [0.15, 0.2) is 0 Å². The number of amides is 1. The highest BCUT2D eigenvalue weighted by atomic mass is 16.6. The molecule has 5 heteroatoms. The molecule has 2 rings (SSSR count). The van der Waals surface area contributed by atoms with Crippen molar-refractivity contribution in [1.29, 1.82) is 0 Å². The highest BCUT2D eigenvalue weighted by molar-refractivity contribution is 5.83. The highest BCUT2D eigenvalue weighted by Crippen LogP contribution is 2.09. The maximum Gasteiger partial charge on any atom is 0.407 e. The summed E-state index contributed by atoms with van der Waals surface area (Å²) in [7, 11) is 0. The van der Waals surface area contributed by atoms with Crippen molar-refractivity contribution in [2.45, 2.75) is 45.6 Å². The Morgan fingerprint density at radius 3 is 2.04 bits per heavy atom. The van der Waals surface area contributed by atoms with Crippen molar-refractivity contribution in [1.82, 2.24) is 10.3 Å². The lowest BCUT2D eigenvalue weighted by Crippen LogP contribution is -2.33. The summed E-state index contributed by atoms with van der Waals surface area (Å²) >= 11 is 0. The number of carbonyl (C=O) groups is 2. The van der Waals surface area contributed by atoms with Crippen molar-refractivity contribution in [2.24, 2.45) is 0 Å². The van der Waals surface area contributed by atoms with Gasteiger partial charge in [0.1, 0.15) is 11.4 Å². The van der Waals surface area contributed by atoms with Crippen LogP contribution in [0.2, 0.25) is 0 Å². The summed E-state index contributed by atoms with van der Waals surface area (Å²) in [5, 5.41) is 2.74. The second-order valence-electron chi connectivity index (χ2n) is 7.24. The van der Waals surface area contributed by atoms with Crippen LogP contribution >= 0.6 is 0 Å². The Labute approximate surface area is 154 Å². The third-order valence-electron chi connectivity index (χ3n) is 3.66. The van der Waals surface area contributed by atoms with Gasteiger partial charge in [-0.25, -0.2) is 4.79 Å². The average Bonchev–Trinajstić information content (AvgIpc) is 2.55. The minimum absolute atomic E-state index is 0.176. The molecule has 1 amide bonds. The standard InChI is InChI=1S/C21H26N2O3/c1-21(2,3)26-20(25)23-13-10-16-4-6-17(7-5-16)14-19(24)15-18-8-11-22-12-9-18/h4-9,11-12H,10,13-15H2,1-3H3,(H,23,25). The first-order chi connectivity index (χ1) is 12.3. The van der Waals surface area contributed by atoms with Crippen LogP contribution in [-0.4, -0.2) is 29.0 Å². The maximum atomic E-state index is 12.1. The molecule has 0 aliphatic heterocycles. The Morgan fingerprint density at radius 1 is 0.923 bits per heavy atom. The van der Waals surface area contributed by atoms with Crippen LogP contribution < -0.4 is 5.32 Å². The van der Waals surface area contributed by atoms with E-state index >= 15 is 0 Å². The van der Waals surface area contributed by atoms with Gasteiger partial charge in [0.2, 0.25) is 0 Å². The molecule has 1 heterocycles. The first kappa shape index (κ1) is 19.6. The highest BCUT2D eigenvalue weighted by Gasteiger charge is 2.15. The van der Waals surface area contributed by atoms with E-state index in [9.17, 15) is 9.59 Å². The van der Waals surface area contributed by atoms with Crippen molar-refractivity contribution in [3.8, 4) is 0 Å². The Bertz CT molecular complexity index is 719. The molecule has 0 saturated heterocycles. The van der Waals surface area contributed by atoms with Crippen LogP contribution in [0.25, 0.3) is 0 Å². The summed E-state index contributed by atoms with van der Waals surface area (Å²) in [6, 6.07) is 11.6. The van der Waals surface area contributed by atoms with E-state index < -0.39 is 11.7 Å². The number of benzene rings is 1. The molecule has 26 heavy (non-hydrogen) atoms. The van der Waals surface area contributed by atoms with Crippen molar-refractivity contribution >= 4 is 11.9 Å². The third-order valence-corrected chi connectivity index (χ3v) is 3.66. The van der Waals surface area contributed by atoms with E-state index in [2.05, 4.69) is 10.3 Å². The van der Waals surface area contributed by atoms with E-state index in [1.54, 1.807) is 12.4 Å². The molecule has 0 fully saturated rings. The molecule has 0 spiro atoms. The maximum absolute atomic E-state index is 12.1. The van der Waals surface area contributed by atoms with E-state index in [0.717, 1.165) is 16.7 Å². The molecule has 0 atom stereocenters. The fraction of sp³-hybridized carbons (Fsp3) is 0.381. The molecule has 5 nitrogen and oxygen atoms in total. The monoisotopic (exact) mass is 354 g/mol. The normalized spacial score (nSPS) is 11.0. The first-order valence-electron chi connectivity index (χ1n) is 8.77. The van der Waals surface area contributed by atoms with Gasteiger partial charge in [0.05, 0.1) is 0 Å². The largest absolute Gasteiger partial charge is 0.444 e. The zero-order valence-electron chi connectivity index (χ0n) is 15.6. The van der Waals surface area contributed by atoms with Gasteiger partial charge in [-0.05, 0) is 56.0 Å². The van der Waals surface area contributed by atoms with Crippen molar-refractivity contribution in [2.75, 3.05) is 6.54 Å². The molecule has 2 aromatic rings. The second-order valence-corrected chi connectivity index (χ2v) is 7.24. The topological polar surface area (TPSA) is 68.3 Å². The molecule has 1 aromatic carbocycles. The molecule has 0 unspecified atom stereocenters. The molecule has 0 aliphatic rings. The van der Waals surface area contributed by atoms with E-state index in [0.29, 0.717) is 25.8 Å². The Morgan fingerprint density at radius 2 is 1.46 bits per heavy atom. The molecular formula is C21H26N2O3. The lowest BCUT2D eigenvalue weighted by Gasteiger charge is -2.19. The number of pyridine rings is 1. The lowest BCUT2D eigenvalue weighted by molar-refractivity contribution is -0.117. The first-order valence-corrected chi connectivity index (χ1v) is 8.77. The number of ketones is 1. The van der Waals surface area contributed by atoms with Crippen LogP contribution in [0.1, 0.15) is 37.5 Å². The number of carbonyl (C=O) groups excluding carboxylic acids is 2. The number of alkyl carbamates (subject to hydrolysis) is 1. The van der Waals surface area contributed by atoms with Crippen LogP contribution in [0.3, 0.4) is 0 Å². The fourth-order valence-electron chi connectivity index (χ4n) is 2.47. The van der Waals surface area contributed by atoms with Crippen molar-refractivity contribution < 1.29 is 14.3 Å². The van der Waals surface area contributed by atoms with Crippen molar-refractivity contribution in [3.05, 3.63) is 65.5 Å². The van der Waals surface area contributed by atoms with Gasteiger partial charge in [-0.15, -0.1) is 0 Å². The van der Waals surface area contributed by atoms with E-state index in [4.69, 9.17) is 4.74 Å². The second kappa shape index (κ2) is 9.13. The summed E-state index contributed by atoms with van der Waals surface area (Å²) < 4.78 is 5.20. The minimum Gasteiger partial charge on any atom is -0.444 e. The van der Waals surface area contributed by atoms with E-state index in [-0.39, 0.29) is 5.78 Å². The van der Waals surface area contributed by atoms with E-state index in [1.807, 2.05) is 57.2 Å². The van der Waals surface area contributed by atoms with Crippen LogP contribution in [0, 0.1) is 0 Å². The van der Waals surface area contributed by atoms with Crippen LogP contribution in [0.15, 0.2) is 48.8 Å². The number of hydrogen-bond donors (Lipinski definition) is 1. The van der Waals surface area contributed by atoms with Gasteiger partial charge in [0.25, 0.3) is 0 Å². The van der Waals surface area contributed by atoms with Gasteiger partial charge in [0, 0.05) is 31.8 Å². The third kappa shape index (κ3) is 7.47.